The molecule has 0 bridgehead atoms. The van der Waals surface area contributed by atoms with Gasteiger partial charge in [0.25, 0.3) is 0 Å². The SMILES string of the molecule is CC(N)=NCCNC(CCS)C(=O)O. The van der Waals surface area contributed by atoms with Gasteiger partial charge in [0.2, 0.25) is 0 Å². The van der Waals surface area contributed by atoms with Crippen LogP contribution in [0.25, 0.3) is 0 Å². The lowest BCUT2D eigenvalue weighted by Crippen LogP contribution is -2.38. The summed E-state index contributed by atoms with van der Waals surface area (Å²) in [7, 11) is 0. The molecular formula is C8H17N3O2S. The minimum absolute atomic E-state index is 0.499. The summed E-state index contributed by atoms with van der Waals surface area (Å²) in [6, 6.07) is -0.541. The van der Waals surface area contributed by atoms with Gasteiger partial charge >= 0.3 is 5.97 Å². The maximum Gasteiger partial charge on any atom is 0.320 e. The van der Waals surface area contributed by atoms with E-state index in [0.29, 0.717) is 31.1 Å². The van der Waals surface area contributed by atoms with Gasteiger partial charge in [-0.1, -0.05) is 0 Å². The number of rotatable bonds is 7. The van der Waals surface area contributed by atoms with Crippen molar-refractivity contribution < 1.29 is 9.90 Å². The Balaban J connectivity index is 3.72. The summed E-state index contributed by atoms with van der Waals surface area (Å²) in [6.45, 7) is 2.71. The molecule has 0 amide bonds. The summed E-state index contributed by atoms with van der Waals surface area (Å²) < 4.78 is 0. The van der Waals surface area contributed by atoms with Gasteiger partial charge < -0.3 is 16.2 Å². The van der Waals surface area contributed by atoms with Crippen LogP contribution >= 0.6 is 12.6 Å². The molecule has 0 aliphatic heterocycles. The van der Waals surface area contributed by atoms with Gasteiger partial charge in [-0.25, -0.2) is 0 Å². The van der Waals surface area contributed by atoms with E-state index in [1.165, 1.54) is 0 Å². The van der Waals surface area contributed by atoms with Gasteiger partial charge in [0.1, 0.15) is 6.04 Å². The molecule has 5 nitrogen and oxygen atoms in total. The molecule has 4 N–H and O–H groups in total. The van der Waals surface area contributed by atoms with Crippen LogP contribution in [0.15, 0.2) is 4.99 Å². The number of aliphatic carboxylic acids is 1. The molecule has 0 heterocycles. The molecule has 0 rings (SSSR count). The smallest absolute Gasteiger partial charge is 0.320 e. The number of amidine groups is 1. The van der Waals surface area contributed by atoms with Gasteiger partial charge in [-0.3, -0.25) is 9.79 Å². The molecule has 0 spiro atoms. The molecule has 1 unspecified atom stereocenters. The van der Waals surface area contributed by atoms with Gasteiger partial charge in [0.05, 0.1) is 12.4 Å². The standard InChI is InChI=1S/C8H17N3O2S/c1-6(9)10-3-4-11-7(2-5-14)8(12)13/h7,11,14H,2-5H2,1H3,(H2,9,10)(H,12,13). The number of hydrogen-bond donors (Lipinski definition) is 4. The summed E-state index contributed by atoms with van der Waals surface area (Å²) >= 11 is 3.98. The average molecular weight is 219 g/mol. The van der Waals surface area contributed by atoms with Gasteiger partial charge in [-0.15, -0.1) is 0 Å². The van der Waals surface area contributed by atoms with Crippen molar-refractivity contribution in [2.24, 2.45) is 10.7 Å². The normalized spacial score (nSPS) is 14.0. The molecule has 0 aromatic heterocycles. The number of nitrogens with two attached hydrogens (primary N) is 1. The summed E-state index contributed by atoms with van der Waals surface area (Å²) in [4.78, 5) is 14.6. The summed E-state index contributed by atoms with van der Waals surface area (Å²) in [5.41, 5.74) is 5.32. The molecule has 1 atom stereocenters. The van der Waals surface area contributed by atoms with Crippen molar-refractivity contribution in [2.45, 2.75) is 19.4 Å². The fraction of sp³-hybridized carbons (Fsp3) is 0.750. The first-order chi connectivity index (χ1) is 6.57. The van der Waals surface area contributed by atoms with Crippen LogP contribution in [0.1, 0.15) is 13.3 Å². The van der Waals surface area contributed by atoms with Crippen LogP contribution < -0.4 is 11.1 Å². The van der Waals surface area contributed by atoms with E-state index in [2.05, 4.69) is 22.9 Å². The number of nitrogens with zero attached hydrogens (tertiary/aromatic N) is 1. The first kappa shape index (κ1) is 13.2. The Labute approximate surface area is 89.2 Å². The maximum absolute atomic E-state index is 10.7. The molecule has 0 aliphatic rings. The van der Waals surface area contributed by atoms with Crippen LogP contribution in [0.5, 0.6) is 0 Å². The number of thiol groups is 1. The zero-order valence-corrected chi connectivity index (χ0v) is 9.13. The van der Waals surface area contributed by atoms with E-state index >= 15 is 0 Å². The van der Waals surface area contributed by atoms with Crippen molar-refractivity contribution in [1.82, 2.24) is 5.32 Å². The van der Waals surface area contributed by atoms with Gasteiger partial charge in [0.15, 0.2) is 0 Å². The fourth-order valence-corrected chi connectivity index (χ4v) is 1.17. The van der Waals surface area contributed by atoms with E-state index in [9.17, 15) is 4.79 Å². The zero-order chi connectivity index (χ0) is 11.0. The van der Waals surface area contributed by atoms with Gasteiger partial charge in [0, 0.05) is 6.54 Å². The quantitative estimate of drug-likeness (QED) is 0.205. The molecule has 0 saturated carbocycles. The number of hydrogen-bond acceptors (Lipinski definition) is 4. The third-order valence-corrected chi connectivity index (χ3v) is 1.84. The highest BCUT2D eigenvalue weighted by Gasteiger charge is 2.14. The number of nitrogens with one attached hydrogen (secondary N) is 1. The zero-order valence-electron chi connectivity index (χ0n) is 8.23. The van der Waals surface area contributed by atoms with E-state index in [4.69, 9.17) is 10.8 Å². The second-order valence-corrected chi connectivity index (χ2v) is 3.33. The molecule has 14 heavy (non-hydrogen) atoms. The summed E-state index contributed by atoms with van der Waals surface area (Å²) in [6.07, 6.45) is 0.504. The second-order valence-electron chi connectivity index (χ2n) is 2.88. The molecule has 0 radical (unpaired) electrons. The van der Waals surface area contributed by atoms with Crippen LogP contribution in [0.2, 0.25) is 0 Å². The van der Waals surface area contributed by atoms with Crippen LogP contribution in [0.4, 0.5) is 0 Å². The third kappa shape index (κ3) is 6.73. The lowest BCUT2D eigenvalue weighted by atomic mass is 10.2. The first-order valence-electron chi connectivity index (χ1n) is 4.41. The van der Waals surface area contributed by atoms with Crippen LogP contribution in [0.3, 0.4) is 0 Å². The summed E-state index contributed by atoms with van der Waals surface area (Å²) in [5.74, 6) is 0.198. The second kappa shape index (κ2) is 7.64. The molecule has 0 aromatic rings. The topological polar surface area (TPSA) is 87.7 Å². The Morgan fingerprint density at radius 3 is 2.79 bits per heavy atom. The Hall–Kier alpha value is -0.750. The van der Waals surface area contributed by atoms with Crippen molar-refractivity contribution in [2.75, 3.05) is 18.8 Å². The number of carboxylic acid groups (broad SMARTS) is 1. The highest BCUT2D eigenvalue weighted by atomic mass is 32.1. The molecule has 0 saturated heterocycles. The molecule has 0 aliphatic carbocycles. The largest absolute Gasteiger partial charge is 0.480 e. The van der Waals surface area contributed by atoms with Crippen molar-refractivity contribution in [3.8, 4) is 0 Å². The monoisotopic (exact) mass is 219 g/mol. The van der Waals surface area contributed by atoms with E-state index < -0.39 is 12.0 Å². The minimum atomic E-state index is -0.854. The Kier molecular flexibility index (Phi) is 7.23. The van der Waals surface area contributed by atoms with Crippen molar-refractivity contribution in [3.05, 3.63) is 0 Å². The number of aliphatic imine (C=N–C) groups is 1. The molecular weight excluding hydrogens is 202 g/mol. The van der Waals surface area contributed by atoms with Gasteiger partial charge in [-0.05, 0) is 19.1 Å². The van der Waals surface area contributed by atoms with Crippen LogP contribution in [-0.4, -0.2) is 41.8 Å². The number of carbonyl (C=O) groups is 1. The average Bonchev–Trinajstić information content (AvgIpc) is 2.09. The maximum atomic E-state index is 10.7. The van der Waals surface area contributed by atoms with Crippen LogP contribution in [0, 0.1) is 0 Å². The minimum Gasteiger partial charge on any atom is -0.480 e. The van der Waals surface area contributed by atoms with Crippen molar-refractivity contribution >= 4 is 24.4 Å². The van der Waals surface area contributed by atoms with E-state index in [1.54, 1.807) is 6.92 Å². The van der Waals surface area contributed by atoms with Crippen molar-refractivity contribution in [1.29, 1.82) is 0 Å². The summed E-state index contributed by atoms with van der Waals surface area (Å²) in [5, 5.41) is 11.6. The lowest BCUT2D eigenvalue weighted by molar-refractivity contribution is -0.139. The Morgan fingerprint density at radius 2 is 2.36 bits per heavy atom. The van der Waals surface area contributed by atoms with E-state index in [0.717, 1.165) is 0 Å². The first-order valence-corrected chi connectivity index (χ1v) is 5.04. The lowest BCUT2D eigenvalue weighted by Gasteiger charge is -2.11. The molecule has 6 heteroatoms. The fourth-order valence-electron chi connectivity index (χ4n) is 0.913. The van der Waals surface area contributed by atoms with Crippen molar-refractivity contribution in [3.63, 3.8) is 0 Å². The predicted octanol–water partition coefficient (Wildman–Crippen LogP) is -0.274. The Morgan fingerprint density at radius 1 is 1.71 bits per heavy atom. The molecule has 0 aromatic carbocycles. The highest BCUT2D eigenvalue weighted by Crippen LogP contribution is 1.94. The van der Waals surface area contributed by atoms with E-state index in [1.807, 2.05) is 0 Å². The molecule has 0 fully saturated rings. The van der Waals surface area contributed by atoms with Gasteiger partial charge in [-0.2, -0.15) is 12.6 Å². The molecule has 82 valence electrons. The highest BCUT2D eigenvalue weighted by molar-refractivity contribution is 7.80. The third-order valence-electron chi connectivity index (χ3n) is 1.58. The van der Waals surface area contributed by atoms with Crippen LogP contribution in [-0.2, 0) is 4.79 Å². The Bertz CT molecular complexity index is 205. The predicted molar refractivity (Wildman–Crippen MR) is 60.1 cm³/mol. The van der Waals surface area contributed by atoms with E-state index in [-0.39, 0.29) is 0 Å². The number of carboxylic acids is 1.